The number of nitrogens with zero attached hydrogens (tertiary/aromatic N) is 1. The molecule has 0 saturated carbocycles. The fourth-order valence-electron chi connectivity index (χ4n) is 2.89. The Morgan fingerprint density at radius 2 is 2.28 bits per heavy atom. The Kier molecular flexibility index (Phi) is 6.58. The third kappa shape index (κ3) is 5.12. The highest BCUT2D eigenvalue weighted by atomic mass is 32.2. The molecule has 0 aromatic carbocycles. The maximum atomic E-state index is 12.4. The van der Waals surface area contributed by atoms with Crippen molar-refractivity contribution >= 4 is 34.9 Å². The second kappa shape index (κ2) is 9.10. The Morgan fingerprint density at radius 1 is 1.36 bits per heavy atom. The summed E-state index contributed by atoms with van der Waals surface area (Å²) < 4.78 is 5.17. The van der Waals surface area contributed by atoms with Crippen LogP contribution in [0.5, 0.6) is 0 Å². The predicted molar refractivity (Wildman–Crippen MR) is 101 cm³/mol. The Labute approximate surface area is 155 Å². The van der Waals surface area contributed by atoms with Crippen molar-refractivity contribution in [2.75, 3.05) is 25.4 Å². The molecule has 1 aliphatic heterocycles. The molecule has 1 aliphatic rings. The number of thiophene rings is 1. The minimum Gasteiger partial charge on any atom is -0.459 e. The first-order valence-electron chi connectivity index (χ1n) is 8.44. The van der Waals surface area contributed by atoms with Crippen LogP contribution >= 0.6 is 23.1 Å². The first kappa shape index (κ1) is 18.1. The van der Waals surface area contributed by atoms with Gasteiger partial charge in [-0.05, 0) is 36.4 Å². The SMILES string of the molecule is O=C(NCCSCc1cccs1)C1CCCN(C(=O)c2ccco2)C1. The largest absolute Gasteiger partial charge is 0.459 e. The van der Waals surface area contributed by atoms with Crippen LogP contribution in [0, 0.1) is 5.92 Å². The number of hydrogen-bond acceptors (Lipinski definition) is 5. The van der Waals surface area contributed by atoms with Gasteiger partial charge in [-0.15, -0.1) is 11.3 Å². The maximum Gasteiger partial charge on any atom is 0.289 e. The van der Waals surface area contributed by atoms with Crippen LogP contribution in [0.2, 0.25) is 0 Å². The molecule has 0 radical (unpaired) electrons. The number of piperidine rings is 1. The van der Waals surface area contributed by atoms with Gasteiger partial charge < -0.3 is 14.6 Å². The van der Waals surface area contributed by atoms with Gasteiger partial charge in [-0.25, -0.2) is 0 Å². The van der Waals surface area contributed by atoms with E-state index in [9.17, 15) is 9.59 Å². The number of thioether (sulfide) groups is 1. The van der Waals surface area contributed by atoms with Crippen molar-refractivity contribution in [2.45, 2.75) is 18.6 Å². The van der Waals surface area contributed by atoms with Crippen LogP contribution in [0.25, 0.3) is 0 Å². The van der Waals surface area contributed by atoms with Gasteiger partial charge in [0, 0.05) is 36.0 Å². The monoisotopic (exact) mass is 378 g/mol. The van der Waals surface area contributed by atoms with E-state index in [1.54, 1.807) is 28.4 Å². The lowest BCUT2D eigenvalue weighted by Gasteiger charge is -2.31. The number of hydrogen-bond donors (Lipinski definition) is 1. The minimum atomic E-state index is -0.131. The number of likely N-dealkylation sites (tertiary alicyclic amines) is 1. The van der Waals surface area contributed by atoms with Gasteiger partial charge in [0.15, 0.2) is 5.76 Å². The molecule has 1 atom stereocenters. The van der Waals surface area contributed by atoms with Crippen LogP contribution < -0.4 is 5.32 Å². The standard InChI is InChI=1S/C18H22N2O3S2/c21-17(19-7-11-24-13-15-5-3-10-25-15)14-4-1-8-20(12-14)18(22)16-6-2-9-23-16/h2-3,5-6,9-10,14H,1,4,7-8,11-13H2,(H,19,21). The highest BCUT2D eigenvalue weighted by Gasteiger charge is 2.29. The number of carbonyl (C=O) groups excluding carboxylic acids is 2. The molecule has 3 heterocycles. The number of nitrogens with one attached hydrogen (secondary N) is 1. The van der Waals surface area contributed by atoms with Crippen molar-refractivity contribution in [2.24, 2.45) is 5.92 Å². The smallest absolute Gasteiger partial charge is 0.289 e. The van der Waals surface area contributed by atoms with E-state index in [2.05, 4.69) is 22.8 Å². The molecular formula is C18H22N2O3S2. The normalized spacial score (nSPS) is 17.4. The topological polar surface area (TPSA) is 62.6 Å². The second-order valence-electron chi connectivity index (χ2n) is 5.99. The summed E-state index contributed by atoms with van der Waals surface area (Å²) in [6.45, 7) is 1.81. The predicted octanol–water partition coefficient (Wildman–Crippen LogP) is 3.24. The van der Waals surface area contributed by atoms with Gasteiger partial charge >= 0.3 is 0 Å². The summed E-state index contributed by atoms with van der Waals surface area (Å²) in [7, 11) is 0. The summed E-state index contributed by atoms with van der Waals surface area (Å²) in [5.74, 6) is 2.01. The van der Waals surface area contributed by atoms with E-state index in [1.807, 2.05) is 11.8 Å². The third-order valence-corrected chi connectivity index (χ3v) is 6.25. The molecule has 0 spiro atoms. The van der Waals surface area contributed by atoms with Crippen molar-refractivity contribution in [3.05, 3.63) is 46.5 Å². The molecule has 2 aromatic heterocycles. The van der Waals surface area contributed by atoms with Crippen molar-refractivity contribution in [1.82, 2.24) is 10.2 Å². The molecule has 0 aliphatic carbocycles. The van der Waals surface area contributed by atoms with Gasteiger partial charge in [-0.2, -0.15) is 11.8 Å². The molecule has 3 rings (SSSR count). The van der Waals surface area contributed by atoms with Crippen LogP contribution in [0.1, 0.15) is 28.3 Å². The van der Waals surface area contributed by atoms with E-state index in [0.717, 1.165) is 24.3 Å². The van der Waals surface area contributed by atoms with Gasteiger partial charge in [0.1, 0.15) is 0 Å². The Bertz CT molecular complexity index is 671. The summed E-state index contributed by atoms with van der Waals surface area (Å²) in [4.78, 5) is 27.8. The molecule has 1 saturated heterocycles. The Morgan fingerprint density at radius 3 is 3.04 bits per heavy atom. The van der Waals surface area contributed by atoms with E-state index in [1.165, 1.54) is 11.1 Å². The van der Waals surface area contributed by atoms with E-state index in [4.69, 9.17) is 4.42 Å². The fraction of sp³-hybridized carbons (Fsp3) is 0.444. The van der Waals surface area contributed by atoms with Gasteiger partial charge in [0.25, 0.3) is 5.91 Å². The summed E-state index contributed by atoms with van der Waals surface area (Å²) in [6.07, 6.45) is 3.17. The van der Waals surface area contributed by atoms with Crippen LogP contribution in [0.3, 0.4) is 0 Å². The van der Waals surface area contributed by atoms with Crippen LogP contribution in [0.4, 0.5) is 0 Å². The van der Waals surface area contributed by atoms with Crippen LogP contribution in [0.15, 0.2) is 40.3 Å². The molecule has 1 N–H and O–H groups in total. The zero-order valence-corrected chi connectivity index (χ0v) is 15.6. The van der Waals surface area contributed by atoms with Gasteiger partial charge in [0.05, 0.1) is 12.2 Å². The summed E-state index contributed by atoms with van der Waals surface area (Å²) in [5.41, 5.74) is 0. The average Bonchev–Trinajstić information content (AvgIpc) is 3.34. The second-order valence-corrected chi connectivity index (χ2v) is 8.13. The summed E-state index contributed by atoms with van der Waals surface area (Å²) in [5, 5.41) is 5.09. The zero-order valence-electron chi connectivity index (χ0n) is 14.0. The first-order valence-corrected chi connectivity index (χ1v) is 10.5. The lowest BCUT2D eigenvalue weighted by Crippen LogP contribution is -2.45. The van der Waals surface area contributed by atoms with E-state index < -0.39 is 0 Å². The zero-order chi connectivity index (χ0) is 17.5. The van der Waals surface area contributed by atoms with Crippen molar-refractivity contribution in [3.8, 4) is 0 Å². The highest BCUT2D eigenvalue weighted by molar-refractivity contribution is 7.98. The quantitative estimate of drug-likeness (QED) is 0.752. The van der Waals surface area contributed by atoms with Crippen molar-refractivity contribution in [1.29, 1.82) is 0 Å². The lowest BCUT2D eigenvalue weighted by molar-refractivity contribution is -0.126. The molecule has 5 nitrogen and oxygen atoms in total. The molecule has 25 heavy (non-hydrogen) atoms. The van der Waals surface area contributed by atoms with Gasteiger partial charge in [0.2, 0.25) is 5.91 Å². The molecule has 7 heteroatoms. The fourth-order valence-corrected chi connectivity index (χ4v) is 4.59. The number of amides is 2. The highest BCUT2D eigenvalue weighted by Crippen LogP contribution is 2.19. The van der Waals surface area contributed by atoms with E-state index in [-0.39, 0.29) is 17.7 Å². The number of carbonyl (C=O) groups is 2. The summed E-state index contributed by atoms with van der Waals surface area (Å²) in [6, 6.07) is 7.55. The minimum absolute atomic E-state index is 0.0497. The molecule has 2 amide bonds. The van der Waals surface area contributed by atoms with E-state index >= 15 is 0 Å². The van der Waals surface area contributed by atoms with Gasteiger partial charge in [-0.3, -0.25) is 9.59 Å². The molecule has 2 aromatic rings. The number of furan rings is 1. The Balaban J connectivity index is 1.38. The van der Waals surface area contributed by atoms with Gasteiger partial charge in [-0.1, -0.05) is 6.07 Å². The number of rotatable bonds is 7. The molecule has 1 unspecified atom stereocenters. The molecule has 134 valence electrons. The summed E-state index contributed by atoms with van der Waals surface area (Å²) >= 11 is 3.58. The van der Waals surface area contributed by atoms with E-state index in [0.29, 0.717) is 25.4 Å². The Hall–Kier alpha value is -1.73. The maximum absolute atomic E-state index is 12.4. The molecule has 0 bridgehead atoms. The molecule has 1 fully saturated rings. The van der Waals surface area contributed by atoms with Crippen molar-refractivity contribution in [3.63, 3.8) is 0 Å². The van der Waals surface area contributed by atoms with Crippen molar-refractivity contribution < 1.29 is 14.0 Å². The van der Waals surface area contributed by atoms with Crippen LogP contribution in [-0.2, 0) is 10.5 Å². The average molecular weight is 379 g/mol. The third-order valence-electron chi connectivity index (χ3n) is 4.18. The first-order chi connectivity index (χ1) is 12.2. The van der Waals surface area contributed by atoms with Crippen LogP contribution in [-0.4, -0.2) is 42.1 Å². The lowest BCUT2D eigenvalue weighted by atomic mass is 9.97. The molecular weight excluding hydrogens is 356 g/mol.